The molecular weight excluding hydrogens is 486 g/mol. The van der Waals surface area contributed by atoms with Crippen LogP contribution in [0, 0.1) is 19.8 Å². The molecule has 2 aliphatic heterocycles. The van der Waals surface area contributed by atoms with Crippen molar-refractivity contribution < 1.29 is 4.79 Å². The van der Waals surface area contributed by atoms with Crippen molar-refractivity contribution in [3.63, 3.8) is 0 Å². The Morgan fingerprint density at radius 2 is 1.78 bits per heavy atom. The van der Waals surface area contributed by atoms with Crippen LogP contribution >= 0.6 is 11.8 Å². The first kappa shape index (κ1) is 23.6. The number of nitrogens with zero attached hydrogens (tertiary/aromatic N) is 7. The topological polar surface area (TPSA) is 98.8 Å². The van der Waals surface area contributed by atoms with Gasteiger partial charge in [0, 0.05) is 54.5 Å². The molecule has 1 aromatic carbocycles. The minimum absolute atomic E-state index is 0.0331. The largest absolute Gasteiger partial charge is 0.336 e. The second kappa shape index (κ2) is 9.59. The van der Waals surface area contributed by atoms with Gasteiger partial charge in [-0.15, -0.1) is 5.10 Å². The molecule has 0 radical (unpaired) electrons. The van der Waals surface area contributed by atoms with Gasteiger partial charge in [0.25, 0.3) is 11.5 Å². The number of amides is 1. The molecule has 2 aliphatic rings. The van der Waals surface area contributed by atoms with Gasteiger partial charge in [-0.3, -0.25) is 9.59 Å². The number of hydrogen-bond donors (Lipinski definition) is 0. The van der Waals surface area contributed by atoms with Gasteiger partial charge in [-0.25, -0.2) is 14.6 Å². The highest BCUT2D eigenvalue weighted by molar-refractivity contribution is 7.98. The van der Waals surface area contributed by atoms with Crippen molar-refractivity contribution in [2.24, 2.45) is 5.92 Å². The fourth-order valence-electron chi connectivity index (χ4n) is 5.48. The lowest BCUT2D eigenvalue weighted by Crippen LogP contribution is -2.49. The molecule has 2 atom stereocenters. The van der Waals surface area contributed by atoms with Crippen molar-refractivity contribution in [1.82, 2.24) is 34.4 Å². The van der Waals surface area contributed by atoms with Crippen LogP contribution in [-0.4, -0.2) is 53.4 Å². The van der Waals surface area contributed by atoms with Gasteiger partial charge in [-0.2, -0.15) is 0 Å². The number of aromatic nitrogens is 6. The zero-order chi connectivity index (χ0) is 25.5. The number of fused-ring (bicyclic) bond motifs is 4. The molecule has 0 saturated carbocycles. The molecule has 1 fully saturated rings. The van der Waals surface area contributed by atoms with Gasteiger partial charge < -0.3 is 9.47 Å². The van der Waals surface area contributed by atoms with Crippen molar-refractivity contribution >= 4 is 17.7 Å². The van der Waals surface area contributed by atoms with Crippen LogP contribution in [0.3, 0.4) is 0 Å². The van der Waals surface area contributed by atoms with E-state index >= 15 is 0 Å². The van der Waals surface area contributed by atoms with Gasteiger partial charge in [0.05, 0.1) is 11.4 Å². The van der Waals surface area contributed by atoms with Crippen molar-refractivity contribution in [2.45, 2.75) is 43.6 Å². The van der Waals surface area contributed by atoms with Gasteiger partial charge >= 0.3 is 0 Å². The average Bonchev–Trinajstić information content (AvgIpc) is 3.31. The van der Waals surface area contributed by atoms with Gasteiger partial charge in [0.15, 0.2) is 10.9 Å². The number of para-hydroxylation sites is 1. The number of thioether (sulfide) groups is 1. The molecule has 1 amide bonds. The monoisotopic (exact) mass is 513 g/mol. The molecule has 1 saturated heterocycles. The fraction of sp³-hybridized carbons (Fsp3) is 0.333. The minimum Gasteiger partial charge on any atom is -0.336 e. The molecule has 188 valence electrons. The standard InChI is InChI=1S/C27H27N7O2S/c1-17-11-18(2)29-27(28-17)37-16-23-25(30-31-34(23)21-7-4-3-5-8-21)26(36)32-13-19-12-20(15-32)22-9-6-10-24(35)33(22)14-19/h3-11,19-20H,12-16H2,1-2H3. The average molecular weight is 514 g/mol. The SMILES string of the molecule is Cc1cc(C)nc(SCc2c(C(=O)N3CC4CC(C3)c3cccc(=O)n3C4)nnn2-c2ccccc2)n1. The maximum absolute atomic E-state index is 13.9. The number of piperidine rings is 1. The predicted molar refractivity (Wildman–Crippen MR) is 140 cm³/mol. The summed E-state index contributed by atoms with van der Waals surface area (Å²) in [4.78, 5) is 37.3. The van der Waals surface area contributed by atoms with Crippen molar-refractivity contribution in [1.29, 1.82) is 0 Å². The third-order valence-corrected chi connectivity index (χ3v) is 7.89. The summed E-state index contributed by atoms with van der Waals surface area (Å²) in [5.41, 5.74) is 4.76. The Labute approximate surface area is 218 Å². The number of likely N-dealkylation sites (tertiary alicyclic amines) is 1. The molecule has 6 rings (SSSR count). The number of benzene rings is 1. The van der Waals surface area contributed by atoms with Gasteiger partial charge in [0.2, 0.25) is 0 Å². The molecule has 2 unspecified atom stereocenters. The zero-order valence-electron chi connectivity index (χ0n) is 20.7. The molecule has 10 heteroatoms. The normalized spacial score (nSPS) is 18.5. The van der Waals surface area contributed by atoms with Crippen LogP contribution in [0.25, 0.3) is 5.69 Å². The zero-order valence-corrected chi connectivity index (χ0v) is 21.6. The molecule has 3 aromatic heterocycles. The summed E-state index contributed by atoms with van der Waals surface area (Å²) >= 11 is 1.47. The molecule has 0 aliphatic carbocycles. The van der Waals surface area contributed by atoms with Crippen molar-refractivity contribution in [3.8, 4) is 5.69 Å². The molecular formula is C27H27N7O2S. The quantitative estimate of drug-likeness (QED) is 0.298. The Kier molecular flexibility index (Phi) is 6.11. The van der Waals surface area contributed by atoms with Crippen LogP contribution in [-0.2, 0) is 12.3 Å². The van der Waals surface area contributed by atoms with E-state index < -0.39 is 0 Å². The third kappa shape index (κ3) is 4.57. The Morgan fingerprint density at radius 3 is 2.57 bits per heavy atom. The fourth-order valence-corrected chi connectivity index (χ4v) is 6.42. The summed E-state index contributed by atoms with van der Waals surface area (Å²) in [5, 5.41) is 9.43. The predicted octanol–water partition coefficient (Wildman–Crippen LogP) is 3.39. The van der Waals surface area contributed by atoms with Crippen LogP contribution in [0.15, 0.2) is 64.5 Å². The molecule has 5 heterocycles. The third-order valence-electron chi connectivity index (χ3n) is 7.03. The number of hydrogen-bond acceptors (Lipinski definition) is 7. The summed E-state index contributed by atoms with van der Waals surface area (Å²) in [7, 11) is 0. The van der Waals surface area contributed by atoms with Crippen molar-refractivity contribution in [3.05, 3.63) is 93.4 Å². The molecule has 4 aromatic rings. The number of rotatable bonds is 5. The van der Waals surface area contributed by atoms with Crippen LogP contribution in [0.5, 0.6) is 0 Å². The van der Waals surface area contributed by atoms with Crippen LogP contribution < -0.4 is 5.56 Å². The highest BCUT2D eigenvalue weighted by Gasteiger charge is 2.38. The molecule has 0 spiro atoms. The lowest BCUT2D eigenvalue weighted by atomic mass is 9.83. The van der Waals surface area contributed by atoms with E-state index in [-0.39, 0.29) is 23.3 Å². The first-order valence-electron chi connectivity index (χ1n) is 12.4. The Bertz CT molecular complexity index is 1510. The van der Waals surface area contributed by atoms with Gasteiger partial charge in [0.1, 0.15) is 0 Å². The van der Waals surface area contributed by atoms with E-state index in [0.29, 0.717) is 36.2 Å². The summed E-state index contributed by atoms with van der Waals surface area (Å²) in [6.45, 7) is 5.69. The second-order valence-corrected chi connectivity index (χ2v) is 10.7. The van der Waals surface area contributed by atoms with E-state index in [1.165, 1.54) is 11.8 Å². The molecule has 9 nitrogen and oxygen atoms in total. The highest BCUT2D eigenvalue weighted by atomic mass is 32.2. The van der Waals surface area contributed by atoms with Crippen LogP contribution in [0.4, 0.5) is 0 Å². The Balaban J connectivity index is 1.32. The van der Waals surface area contributed by atoms with Crippen LogP contribution in [0.2, 0.25) is 0 Å². The number of aryl methyl sites for hydroxylation is 2. The van der Waals surface area contributed by atoms with Gasteiger partial charge in [-0.1, -0.05) is 41.2 Å². The lowest BCUT2D eigenvalue weighted by Gasteiger charge is -2.42. The maximum Gasteiger partial charge on any atom is 0.276 e. The smallest absolute Gasteiger partial charge is 0.276 e. The van der Waals surface area contributed by atoms with E-state index in [9.17, 15) is 9.59 Å². The first-order valence-corrected chi connectivity index (χ1v) is 13.4. The maximum atomic E-state index is 13.9. The summed E-state index contributed by atoms with van der Waals surface area (Å²) < 4.78 is 3.61. The number of carbonyl (C=O) groups is 1. The van der Waals surface area contributed by atoms with Crippen molar-refractivity contribution in [2.75, 3.05) is 13.1 Å². The number of pyridine rings is 1. The second-order valence-electron chi connectivity index (χ2n) is 9.76. The minimum atomic E-state index is -0.124. The Hall–Kier alpha value is -3.79. The lowest BCUT2D eigenvalue weighted by molar-refractivity contribution is 0.0588. The first-order chi connectivity index (χ1) is 18.0. The van der Waals surface area contributed by atoms with E-state index in [1.807, 2.05) is 71.8 Å². The van der Waals surface area contributed by atoms with Crippen LogP contribution in [0.1, 0.15) is 45.6 Å². The molecule has 0 N–H and O–H groups in total. The van der Waals surface area contributed by atoms with Gasteiger partial charge in [-0.05, 0) is 50.5 Å². The molecule has 2 bridgehead atoms. The summed E-state index contributed by atoms with van der Waals surface area (Å²) in [5.74, 6) is 0.697. The van der Waals surface area contributed by atoms with E-state index in [2.05, 4.69) is 20.3 Å². The number of carbonyl (C=O) groups excluding carboxylic acids is 1. The summed E-state index contributed by atoms with van der Waals surface area (Å²) in [6.07, 6.45) is 0.983. The summed E-state index contributed by atoms with van der Waals surface area (Å²) in [6, 6.07) is 17.1. The Morgan fingerprint density at radius 1 is 1.00 bits per heavy atom. The van der Waals surface area contributed by atoms with E-state index in [1.54, 1.807) is 10.7 Å². The van der Waals surface area contributed by atoms with E-state index in [0.717, 1.165) is 34.9 Å². The highest BCUT2D eigenvalue weighted by Crippen LogP contribution is 2.36. The molecule has 37 heavy (non-hydrogen) atoms. The van der Waals surface area contributed by atoms with E-state index in [4.69, 9.17) is 0 Å².